The second-order valence-corrected chi connectivity index (χ2v) is 6.45. The number of hydrogen-bond acceptors (Lipinski definition) is 11. The van der Waals surface area contributed by atoms with Gasteiger partial charge < -0.3 is 59.3 Å². The quantitative estimate of drug-likeness (QED) is 0.132. The highest BCUT2D eigenvalue weighted by atomic mass is 16.4. The second kappa shape index (κ2) is 22.3. The van der Waals surface area contributed by atoms with Crippen molar-refractivity contribution >= 4 is 29.8 Å². The predicted molar refractivity (Wildman–Crippen MR) is 114 cm³/mol. The van der Waals surface area contributed by atoms with Crippen LogP contribution < -0.4 is 28.7 Å². The Morgan fingerprint density at radius 1 is 0.697 bits per heavy atom. The van der Waals surface area contributed by atoms with Crippen molar-refractivity contribution in [3.63, 3.8) is 0 Å². The highest BCUT2D eigenvalue weighted by molar-refractivity contribution is 5.77. The Bertz CT molecular complexity index is 572. The van der Waals surface area contributed by atoms with Gasteiger partial charge in [-0.25, -0.2) is 0 Å². The van der Waals surface area contributed by atoms with Gasteiger partial charge in [-0.3, -0.25) is 24.0 Å². The third kappa shape index (κ3) is 27.1. The molecule has 0 rings (SSSR count). The van der Waals surface area contributed by atoms with Crippen LogP contribution in [-0.2, 0) is 24.0 Å². The molecule has 196 valence electrons. The standard InChI is InChI=1S/C6H13NO2.C5H10N2O3.2C3H7NO3/c1-3-4(2)5(7)6(8)9;6-3(5(9)10)1-2-4(7)8;2*4-2(1-5)3(6)7/h4-5H,3,7H2,1-2H3,(H,8,9);3H,1-2,6H2,(H2,7,8)(H,9,10);2*2,5H,1,4H2,(H,6,7)/t4-,5-;3-;2*2-/m0000/s1. The summed E-state index contributed by atoms with van der Waals surface area (Å²) in [6, 6.07) is -3.93. The molecular weight excluding hydrogens is 450 g/mol. The largest absolute Gasteiger partial charge is 0.480 e. The van der Waals surface area contributed by atoms with Crippen LogP contribution in [0.2, 0.25) is 0 Å². The smallest absolute Gasteiger partial charge is 0.322 e. The number of aliphatic hydroxyl groups excluding tert-OH is 2. The Balaban J connectivity index is -0.000000172. The van der Waals surface area contributed by atoms with E-state index in [1.807, 2.05) is 13.8 Å². The van der Waals surface area contributed by atoms with Crippen LogP contribution >= 0.6 is 0 Å². The fourth-order valence-corrected chi connectivity index (χ4v) is 1.07. The van der Waals surface area contributed by atoms with Crippen LogP contribution in [0, 0.1) is 5.92 Å². The maximum absolute atomic E-state index is 10.2. The highest BCUT2D eigenvalue weighted by Gasteiger charge is 2.17. The molecule has 0 spiro atoms. The number of carbonyl (C=O) groups is 5. The lowest BCUT2D eigenvalue weighted by Crippen LogP contribution is -2.36. The molecule has 16 nitrogen and oxygen atoms in total. The molecule has 5 atom stereocenters. The number of rotatable bonds is 11. The zero-order valence-electron chi connectivity index (χ0n) is 18.5. The normalized spacial score (nSPS) is 14.1. The van der Waals surface area contributed by atoms with Gasteiger partial charge in [0, 0.05) is 6.42 Å². The maximum atomic E-state index is 10.2. The average molecular weight is 488 g/mol. The van der Waals surface area contributed by atoms with Crippen molar-refractivity contribution in [1.82, 2.24) is 0 Å². The van der Waals surface area contributed by atoms with Crippen LogP contribution in [0.25, 0.3) is 0 Å². The van der Waals surface area contributed by atoms with Crippen molar-refractivity contribution in [2.75, 3.05) is 13.2 Å². The first-order chi connectivity index (χ1) is 15.0. The third-order valence-corrected chi connectivity index (χ3v) is 3.59. The first-order valence-electron chi connectivity index (χ1n) is 9.43. The van der Waals surface area contributed by atoms with Crippen LogP contribution in [0.5, 0.6) is 0 Å². The van der Waals surface area contributed by atoms with Gasteiger partial charge in [0.25, 0.3) is 0 Å². The Labute approximate surface area is 190 Å². The number of primary amides is 1. The van der Waals surface area contributed by atoms with Gasteiger partial charge in [0.15, 0.2) is 0 Å². The molecule has 0 unspecified atom stereocenters. The molecule has 0 aliphatic rings. The van der Waals surface area contributed by atoms with E-state index in [9.17, 15) is 24.0 Å². The monoisotopic (exact) mass is 487 g/mol. The molecule has 0 fully saturated rings. The molecule has 0 bridgehead atoms. The summed E-state index contributed by atoms with van der Waals surface area (Å²) in [7, 11) is 0. The van der Waals surface area contributed by atoms with Gasteiger partial charge in [0.2, 0.25) is 5.91 Å². The van der Waals surface area contributed by atoms with Crippen LogP contribution in [0.1, 0.15) is 33.1 Å². The topological polar surface area (TPSA) is 337 Å². The number of carboxylic acid groups (broad SMARTS) is 4. The van der Waals surface area contributed by atoms with Crippen LogP contribution in [-0.4, -0.2) is 97.8 Å². The first kappa shape index (κ1) is 37.4. The van der Waals surface area contributed by atoms with E-state index in [-0.39, 0.29) is 18.8 Å². The fourth-order valence-electron chi connectivity index (χ4n) is 1.07. The Hall–Kier alpha value is -2.89. The summed E-state index contributed by atoms with van der Waals surface area (Å²) in [5, 5.41) is 48.4. The zero-order chi connectivity index (χ0) is 27.3. The molecule has 0 aromatic rings. The lowest BCUT2D eigenvalue weighted by molar-refractivity contribution is -0.140. The molecule has 0 aromatic carbocycles. The van der Waals surface area contributed by atoms with E-state index >= 15 is 0 Å². The van der Waals surface area contributed by atoms with Crippen LogP contribution in [0.4, 0.5) is 0 Å². The van der Waals surface area contributed by atoms with Crippen LogP contribution in [0.3, 0.4) is 0 Å². The Morgan fingerprint density at radius 3 is 1.15 bits per heavy atom. The van der Waals surface area contributed by atoms with Crippen molar-refractivity contribution in [2.24, 2.45) is 34.6 Å². The van der Waals surface area contributed by atoms with Crippen molar-refractivity contribution in [3.8, 4) is 0 Å². The van der Waals surface area contributed by atoms with Crippen molar-refractivity contribution in [2.45, 2.75) is 57.3 Å². The van der Waals surface area contributed by atoms with Gasteiger partial charge in [-0.05, 0) is 12.3 Å². The molecule has 16 heteroatoms. The minimum atomic E-state index is -1.18. The van der Waals surface area contributed by atoms with Crippen molar-refractivity contribution < 1.29 is 54.6 Å². The van der Waals surface area contributed by atoms with E-state index in [4.69, 9.17) is 59.3 Å². The molecule has 0 saturated heterocycles. The lowest BCUT2D eigenvalue weighted by atomic mass is 10.0. The lowest BCUT2D eigenvalue weighted by Gasteiger charge is -2.11. The fraction of sp³-hybridized carbons (Fsp3) is 0.706. The number of hydrogen-bond donors (Lipinski definition) is 11. The molecular formula is C17H37N5O11. The van der Waals surface area contributed by atoms with Gasteiger partial charge in [-0.15, -0.1) is 0 Å². The minimum absolute atomic E-state index is 0.0213. The Kier molecular flexibility index (Phi) is 25.3. The summed E-state index contributed by atoms with van der Waals surface area (Å²) in [4.78, 5) is 49.6. The van der Waals surface area contributed by atoms with Gasteiger partial charge in [0.1, 0.15) is 24.2 Å². The predicted octanol–water partition coefficient (Wildman–Crippen LogP) is -4.11. The molecule has 0 aliphatic heterocycles. The summed E-state index contributed by atoms with van der Waals surface area (Å²) in [6.45, 7) is 2.75. The highest BCUT2D eigenvalue weighted by Crippen LogP contribution is 2.04. The van der Waals surface area contributed by atoms with Gasteiger partial charge in [0.05, 0.1) is 13.2 Å². The number of amides is 1. The summed E-state index contributed by atoms with van der Waals surface area (Å²) in [5.41, 5.74) is 24.6. The number of nitrogens with two attached hydrogens (primary N) is 5. The number of aliphatic hydroxyl groups is 2. The van der Waals surface area contributed by atoms with Gasteiger partial charge in [-0.2, -0.15) is 0 Å². The minimum Gasteiger partial charge on any atom is -0.480 e. The molecule has 0 aliphatic carbocycles. The summed E-state index contributed by atoms with van der Waals surface area (Å²) in [6.07, 6.45) is 0.936. The number of carboxylic acids is 4. The van der Waals surface area contributed by atoms with E-state index in [2.05, 4.69) is 0 Å². The zero-order valence-corrected chi connectivity index (χ0v) is 18.5. The van der Waals surface area contributed by atoms with E-state index in [0.29, 0.717) is 0 Å². The van der Waals surface area contributed by atoms with E-state index in [1.54, 1.807) is 0 Å². The van der Waals surface area contributed by atoms with Gasteiger partial charge >= 0.3 is 23.9 Å². The average Bonchev–Trinajstić information content (AvgIpc) is 2.75. The summed E-state index contributed by atoms with van der Waals surface area (Å²) < 4.78 is 0. The second-order valence-electron chi connectivity index (χ2n) is 6.45. The molecule has 0 radical (unpaired) electrons. The summed E-state index contributed by atoms with van der Waals surface area (Å²) >= 11 is 0. The third-order valence-electron chi connectivity index (χ3n) is 3.59. The Morgan fingerprint density at radius 2 is 1.03 bits per heavy atom. The molecule has 0 saturated carbocycles. The van der Waals surface area contributed by atoms with Crippen molar-refractivity contribution in [1.29, 1.82) is 0 Å². The first-order valence-corrected chi connectivity index (χ1v) is 9.43. The van der Waals surface area contributed by atoms with Gasteiger partial charge in [-0.1, -0.05) is 20.3 Å². The molecule has 0 heterocycles. The van der Waals surface area contributed by atoms with Crippen LogP contribution in [0.15, 0.2) is 0 Å². The van der Waals surface area contributed by atoms with E-state index in [0.717, 1.165) is 6.42 Å². The number of carbonyl (C=O) groups excluding carboxylic acids is 1. The molecule has 1 amide bonds. The SMILES string of the molecule is CC[C@H](C)[C@H](N)C(=O)O.NC(=O)CC[C@H](N)C(=O)O.N[C@@H](CO)C(=O)O.N[C@@H](CO)C(=O)O. The van der Waals surface area contributed by atoms with E-state index < -0.39 is 67.2 Å². The summed E-state index contributed by atoms with van der Waals surface area (Å²) in [5.74, 6) is -4.84. The van der Waals surface area contributed by atoms with E-state index in [1.165, 1.54) is 0 Å². The number of aliphatic carboxylic acids is 4. The molecule has 16 N–H and O–H groups in total. The molecule has 33 heavy (non-hydrogen) atoms. The molecule has 0 aromatic heterocycles. The van der Waals surface area contributed by atoms with Crippen molar-refractivity contribution in [3.05, 3.63) is 0 Å². The maximum Gasteiger partial charge on any atom is 0.322 e.